The first-order valence-corrected chi connectivity index (χ1v) is 12.8. The molecule has 0 aliphatic heterocycles. The number of hydrogen-bond donors (Lipinski definition) is 0. The standard InChI is InChI=1S/C23H29O2.C8H12.Rh/c1-15(2)20-11-10-16(3)12-22(20)25-23(24)21-14-19(13-17(21)4)18-8-6-5-7-9-18;1-2-4-6-8-7-5-3-1;/h5-9,13-16,20,22H,10-12H2,1-4H3;1-2,7-8H,3-6H2;/b;2-1-,8-7-;/t16-,20+,22-;;/m1../s1. The molecule has 0 N–H and O–H groups in total. The Morgan fingerprint density at radius 3 is 2.06 bits per heavy atom. The van der Waals surface area contributed by atoms with Gasteiger partial charge in [-0.25, -0.2) is 0 Å². The van der Waals surface area contributed by atoms with E-state index in [0.717, 1.165) is 30.2 Å². The van der Waals surface area contributed by atoms with Crippen LogP contribution in [0, 0.1) is 48.3 Å². The van der Waals surface area contributed by atoms with Gasteiger partial charge in [-0.2, -0.15) is 0 Å². The van der Waals surface area contributed by atoms with Crippen LogP contribution in [0.4, 0.5) is 0 Å². The Balaban J connectivity index is 0.000000386. The zero-order valence-corrected chi connectivity index (χ0v) is 22.9. The smallest absolute Gasteiger partial charge is 0.314 e. The average molecular weight is 549 g/mol. The molecule has 2 saturated carbocycles. The fourth-order valence-corrected chi connectivity index (χ4v) is 4.95. The Bertz CT molecular complexity index is 743. The molecule has 2 fully saturated rings. The maximum Gasteiger partial charge on any atom is 0.314 e. The second-order valence-corrected chi connectivity index (χ2v) is 10.1. The van der Waals surface area contributed by atoms with Gasteiger partial charge >= 0.3 is 5.97 Å². The van der Waals surface area contributed by atoms with Gasteiger partial charge in [0, 0.05) is 25.4 Å². The molecule has 0 unspecified atom stereocenters. The van der Waals surface area contributed by atoms with Gasteiger partial charge in [0.15, 0.2) is 0 Å². The first kappa shape index (κ1) is 29.0. The Kier molecular flexibility index (Phi) is 12.8. The zero-order valence-electron chi connectivity index (χ0n) is 21.3. The topological polar surface area (TPSA) is 26.3 Å². The van der Waals surface area contributed by atoms with E-state index in [-0.39, 0.29) is 31.6 Å². The molecule has 0 aromatic heterocycles. The molecule has 3 aliphatic carbocycles. The zero-order chi connectivity index (χ0) is 23.6. The molecule has 6 radical (unpaired) electrons. The molecule has 1 aromatic carbocycles. The van der Waals surface area contributed by atoms with Gasteiger partial charge in [0.1, 0.15) is 6.10 Å². The van der Waals surface area contributed by atoms with Crippen molar-refractivity contribution in [3.63, 3.8) is 0 Å². The number of rotatable bonds is 4. The quantitative estimate of drug-likeness (QED) is 0.217. The predicted octanol–water partition coefficient (Wildman–Crippen LogP) is 7.87. The third kappa shape index (κ3) is 8.78. The van der Waals surface area contributed by atoms with Crippen molar-refractivity contribution >= 4 is 5.97 Å². The minimum Gasteiger partial charge on any atom is -0.462 e. The van der Waals surface area contributed by atoms with Crippen molar-refractivity contribution in [2.45, 2.75) is 78.7 Å². The van der Waals surface area contributed by atoms with Crippen molar-refractivity contribution in [1.82, 2.24) is 0 Å². The number of benzene rings is 1. The van der Waals surface area contributed by atoms with E-state index in [0.29, 0.717) is 23.7 Å². The summed E-state index contributed by atoms with van der Waals surface area (Å²) < 4.78 is 6.01. The predicted molar refractivity (Wildman–Crippen MR) is 138 cm³/mol. The molecular weight excluding hydrogens is 507 g/mol. The third-order valence-corrected chi connectivity index (χ3v) is 6.98. The molecule has 3 heteroatoms. The van der Waals surface area contributed by atoms with Crippen molar-refractivity contribution in [2.75, 3.05) is 0 Å². The van der Waals surface area contributed by atoms with Crippen molar-refractivity contribution in [2.24, 2.45) is 17.8 Å². The number of ether oxygens (including phenoxy) is 1. The monoisotopic (exact) mass is 548 g/mol. The minimum atomic E-state index is -0.163. The molecule has 3 atom stereocenters. The van der Waals surface area contributed by atoms with Gasteiger partial charge in [-0.05, 0) is 80.6 Å². The number of carbonyl (C=O) groups is 1. The summed E-state index contributed by atoms with van der Waals surface area (Å²) in [5.74, 6) is 4.28. The van der Waals surface area contributed by atoms with E-state index >= 15 is 0 Å². The molecule has 1 aromatic rings. The van der Waals surface area contributed by atoms with Crippen molar-refractivity contribution < 1.29 is 29.0 Å². The molecule has 2 nitrogen and oxygen atoms in total. The molecule has 34 heavy (non-hydrogen) atoms. The van der Waals surface area contributed by atoms with Gasteiger partial charge in [-0.15, -0.1) is 0 Å². The molecule has 4 rings (SSSR count). The van der Waals surface area contributed by atoms with Crippen molar-refractivity contribution in [3.05, 3.63) is 90.8 Å². The third-order valence-electron chi connectivity index (χ3n) is 6.98. The summed E-state index contributed by atoms with van der Waals surface area (Å²) >= 11 is 0. The molecule has 0 saturated heterocycles. The number of hydrogen-bond acceptors (Lipinski definition) is 2. The fourth-order valence-electron chi connectivity index (χ4n) is 4.95. The molecular formula is C31H41O2Rh. The van der Waals surface area contributed by atoms with E-state index in [1.54, 1.807) is 0 Å². The molecule has 0 spiro atoms. The summed E-state index contributed by atoms with van der Waals surface area (Å²) in [4.78, 5) is 12.8. The molecule has 0 amide bonds. The normalized spacial score (nSPS) is 28.1. The van der Waals surface area contributed by atoms with E-state index in [4.69, 9.17) is 4.74 Å². The molecule has 0 bridgehead atoms. The van der Waals surface area contributed by atoms with Gasteiger partial charge in [0.05, 0.1) is 5.92 Å². The fraction of sp³-hybridized carbons (Fsp3) is 0.484. The summed E-state index contributed by atoms with van der Waals surface area (Å²) in [6.07, 6.45) is 21.5. The summed E-state index contributed by atoms with van der Waals surface area (Å²) in [5, 5.41) is 0. The van der Waals surface area contributed by atoms with E-state index in [1.807, 2.05) is 31.5 Å². The second-order valence-electron chi connectivity index (χ2n) is 10.1. The summed E-state index contributed by atoms with van der Waals surface area (Å²) in [5.41, 5.74) is 1.14. The maximum atomic E-state index is 12.8. The van der Waals surface area contributed by atoms with Crippen LogP contribution >= 0.6 is 0 Å². The van der Waals surface area contributed by atoms with Crippen LogP contribution in [0.1, 0.15) is 78.2 Å². The summed E-state index contributed by atoms with van der Waals surface area (Å²) in [7, 11) is 0. The van der Waals surface area contributed by atoms with Crippen LogP contribution in [0.2, 0.25) is 0 Å². The van der Waals surface area contributed by atoms with Crippen LogP contribution in [0.15, 0.2) is 54.6 Å². The number of carbonyl (C=O) groups excluding carboxylic acids is 1. The maximum absolute atomic E-state index is 12.8. The Hall–Kier alpha value is -1.21. The van der Waals surface area contributed by atoms with Crippen LogP contribution < -0.4 is 0 Å². The number of esters is 1. The Morgan fingerprint density at radius 1 is 0.912 bits per heavy atom. The number of allylic oxidation sites excluding steroid dienone is 4. The van der Waals surface area contributed by atoms with Crippen LogP contribution in [0.5, 0.6) is 0 Å². The molecule has 3 aliphatic rings. The Morgan fingerprint density at radius 2 is 1.50 bits per heavy atom. The van der Waals surface area contributed by atoms with E-state index in [9.17, 15) is 4.79 Å². The van der Waals surface area contributed by atoms with Crippen molar-refractivity contribution in [1.29, 1.82) is 0 Å². The van der Waals surface area contributed by atoms with Gasteiger partial charge in [-0.3, -0.25) is 4.79 Å². The van der Waals surface area contributed by atoms with Gasteiger partial charge < -0.3 is 4.74 Å². The average Bonchev–Trinajstić information content (AvgIpc) is 3.16. The van der Waals surface area contributed by atoms with Crippen LogP contribution in [-0.4, -0.2) is 12.1 Å². The Labute approximate surface area is 221 Å². The van der Waals surface area contributed by atoms with Gasteiger partial charge in [0.2, 0.25) is 0 Å². The van der Waals surface area contributed by atoms with Gasteiger partial charge in [0.25, 0.3) is 0 Å². The van der Waals surface area contributed by atoms with E-state index in [1.165, 1.54) is 32.1 Å². The minimum absolute atomic E-state index is 0. The SMILES string of the molecule is C1=C\CC/C=C\CC/1.C[C]1[CH][C](c2ccccc2)[CH][C]1C(=O)O[C@@H]1C[C@H](C)CC[C@H]1C(C)C.[Rh]. The first-order valence-electron chi connectivity index (χ1n) is 12.8. The van der Waals surface area contributed by atoms with E-state index in [2.05, 4.69) is 63.6 Å². The second kappa shape index (κ2) is 15.0. The summed E-state index contributed by atoms with van der Waals surface area (Å²) in [6, 6.07) is 10.2. The molecule has 0 heterocycles. The van der Waals surface area contributed by atoms with Gasteiger partial charge in [-0.1, -0.05) is 88.8 Å². The molecule has 186 valence electrons. The van der Waals surface area contributed by atoms with Crippen LogP contribution in [0.25, 0.3) is 0 Å². The summed E-state index contributed by atoms with van der Waals surface area (Å²) in [6.45, 7) is 8.73. The van der Waals surface area contributed by atoms with Crippen molar-refractivity contribution in [3.8, 4) is 0 Å². The largest absolute Gasteiger partial charge is 0.462 e. The van der Waals surface area contributed by atoms with E-state index < -0.39 is 0 Å². The first-order chi connectivity index (χ1) is 16.0. The van der Waals surface area contributed by atoms with Crippen LogP contribution in [-0.2, 0) is 29.0 Å². The van der Waals surface area contributed by atoms with Crippen LogP contribution in [0.3, 0.4) is 0 Å².